The van der Waals surface area contributed by atoms with Gasteiger partial charge in [0, 0.05) is 0 Å². The Labute approximate surface area is 72.8 Å². The highest BCUT2D eigenvalue weighted by Crippen LogP contribution is 2.01. The fourth-order valence-electron chi connectivity index (χ4n) is 0.479. The van der Waals surface area contributed by atoms with Crippen LogP contribution in [0.2, 0.25) is 0 Å². The zero-order valence-corrected chi connectivity index (χ0v) is 7.79. The summed E-state index contributed by atoms with van der Waals surface area (Å²) in [7, 11) is 1.23. The summed E-state index contributed by atoms with van der Waals surface area (Å²) in [6.07, 6.45) is 0.310. The van der Waals surface area contributed by atoms with Gasteiger partial charge in [0.15, 0.2) is 0 Å². The number of rotatable bonds is 3. The summed E-state index contributed by atoms with van der Waals surface area (Å²) in [5, 5.41) is 0. The van der Waals surface area contributed by atoms with E-state index in [1.807, 2.05) is 0 Å². The molecule has 62 valence electrons. The minimum Gasteiger partial charge on any atom is -0.465 e. The Morgan fingerprint density at radius 3 is 2.55 bits per heavy atom. The van der Waals surface area contributed by atoms with Crippen molar-refractivity contribution in [2.75, 3.05) is 7.11 Å². The highest BCUT2D eigenvalue weighted by Gasteiger charge is 2.16. The molecule has 0 aromatic rings. The number of methoxy groups -OCH3 is 1. The second kappa shape index (κ2) is 5.01. The molecule has 11 heavy (non-hydrogen) atoms. The number of esters is 1. The molecule has 0 aliphatic rings. The van der Waals surface area contributed by atoms with Crippen LogP contribution in [-0.4, -0.2) is 30.0 Å². The zero-order valence-electron chi connectivity index (χ0n) is 6.20. The lowest BCUT2D eigenvalue weighted by Crippen LogP contribution is -2.23. The number of hydrogen-bond donors (Lipinski definition) is 0. The van der Waals surface area contributed by atoms with E-state index < -0.39 is 5.97 Å². The molecule has 0 aromatic carbocycles. The van der Waals surface area contributed by atoms with E-state index in [1.54, 1.807) is 6.92 Å². The maximum Gasteiger partial charge on any atom is 0.353 e. The highest BCUT2D eigenvalue weighted by atomic mass is 79.9. The molecule has 0 bridgehead atoms. The first-order valence-electron chi connectivity index (χ1n) is 2.87. The molecule has 0 aliphatic carbocycles. The first kappa shape index (κ1) is 10.3. The van der Waals surface area contributed by atoms with Crippen molar-refractivity contribution in [3.63, 3.8) is 0 Å². The molecule has 0 unspecified atom stereocenters. The van der Waals surface area contributed by atoms with Crippen molar-refractivity contribution < 1.29 is 14.3 Å². The lowest BCUT2D eigenvalue weighted by Gasteiger charge is -2.02. The number of amides is 1. The molecule has 1 amide bonds. The predicted molar refractivity (Wildman–Crippen MR) is 43.9 cm³/mol. The van der Waals surface area contributed by atoms with Gasteiger partial charge in [-0.15, -0.1) is 0 Å². The fourth-order valence-corrected chi connectivity index (χ4v) is 0.784. The van der Waals surface area contributed by atoms with Crippen molar-refractivity contribution in [1.82, 2.24) is 0 Å². The van der Waals surface area contributed by atoms with E-state index in [9.17, 15) is 9.59 Å². The number of hydrogen-bond acceptors (Lipinski definition) is 3. The number of nitrogens with zero attached hydrogens (tertiary/aromatic N) is 1. The van der Waals surface area contributed by atoms with Gasteiger partial charge in [0.1, 0.15) is 5.71 Å². The molecule has 5 heteroatoms. The van der Waals surface area contributed by atoms with E-state index >= 15 is 0 Å². The second-order valence-corrected chi connectivity index (χ2v) is 3.10. The van der Waals surface area contributed by atoms with Gasteiger partial charge < -0.3 is 4.74 Å². The summed E-state index contributed by atoms with van der Waals surface area (Å²) in [5.41, 5.74) is 0.0718. The average molecular weight is 222 g/mol. The topological polar surface area (TPSA) is 55.7 Å². The SMILES string of the molecule is COC(=O)C(=NC=O)[C@H](C)Br. The number of carbonyl (C=O) groups excluding carboxylic acids is 2. The third kappa shape index (κ3) is 3.27. The first-order valence-corrected chi connectivity index (χ1v) is 3.78. The van der Waals surface area contributed by atoms with Crippen LogP contribution in [0.1, 0.15) is 6.92 Å². The van der Waals surface area contributed by atoms with Crippen LogP contribution < -0.4 is 0 Å². The smallest absolute Gasteiger partial charge is 0.353 e. The molecular weight excluding hydrogens is 214 g/mol. The van der Waals surface area contributed by atoms with Gasteiger partial charge >= 0.3 is 5.97 Å². The van der Waals surface area contributed by atoms with Crippen LogP contribution in [-0.2, 0) is 14.3 Å². The van der Waals surface area contributed by atoms with Gasteiger partial charge in [-0.3, -0.25) is 4.79 Å². The normalized spacial score (nSPS) is 13.9. The predicted octanol–water partition coefficient (Wildman–Crippen LogP) is 0.540. The van der Waals surface area contributed by atoms with Crippen molar-refractivity contribution in [3.8, 4) is 0 Å². The molecule has 0 spiro atoms. The summed E-state index contributed by atoms with van der Waals surface area (Å²) >= 11 is 3.09. The van der Waals surface area contributed by atoms with Gasteiger partial charge in [-0.25, -0.2) is 9.79 Å². The van der Waals surface area contributed by atoms with Gasteiger partial charge in [-0.2, -0.15) is 0 Å². The molecule has 1 atom stereocenters. The first-order chi connectivity index (χ1) is 5.13. The minimum atomic E-state index is -0.596. The number of aliphatic imine (C=N–C) groups is 1. The lowest BCUT2D eigenvalue weighted by atomic mass is 10.3. The number of alkyl halides is 1. The Bertz CT molecular complexity index is 188. The Morgan fingerprint density at radius 1 is 1.73 bits per heavy atom. The second-order valence-electron chi connectivity index (χ2n) is 1.73. The Morgan fingerprint density at radius 2 is 2.27 bits per heavy atom. The molecule has 0 aromatic heterocycles. The summed E-state index contributed by atoms with van der Waals surface area (Å²) in [6, 6.07) is 0. The Kier molecular flexibility index (Phi) is 4.69. The quantitative estimate of drug-likeness (QED) is 0.303. The molecule has 0 N–H and O–H groups in total. The standard InChI is InChI=1S/C6H8BrNO3/c1-4(7)5(8-3-9)6(10)11-2/h3-4H,1-2H3/t4-/m0/s1. The van der Waals surface area contributed by atoms with E-state index in [2.05, 4.69) is 25.7 Å². The van der Waals surface area contributed by atoms with E-state index in [0.29, 0.717) is 6.41 Å². The van der Waals surface area contributed by atoms with Gasteiger partial charge in [0.25, 0.3) is 0 Å². The van der Waals surface area contributed by atoms with E-state index in [-0.39, 0.29) is 10.5 Å². The van der Waals surface area contributed by atoms with Crippen molar-refractivity contribution >= 4 is 34.0 Å². The summed E-state index contributed by atoms with van der Waals surface area (Å²) in [6.45, 7) is 1.68. The molecule has 0 rings (SSSR count). The Balaban J connectivity index is 4.47. The van der Waals surface area contributed by atoms with Crippen molar-refractivity contribution in [1.29, 1.82) is 0 Å². The van der Waals surface area contributed by atoms with Crippen molar-refractivity contribution in [3.05, 3.63) is 0 Å². The van der Waals surface area contributed by atoms with Crippen LogP contribution in [0, 0.1) is 0 Å². The fraction of sp³-hybridized carbons (Fsp3) is 0.500. The number of ether oxygens (including phenoxy) is 1. The van der Waals surface area contributed by atoms with Gasteiger partial charge in [0.2, 0.25) is 6.41 Å². The van der Waals surface area contributed by atoms with E-state index in [1.165, 1.54) is 7.11 Å². The van der Waals surface area contributed by atoms with Gasteiger partial charge in [0.05, 0.1) is 11.9 Å². The third-order valence-electron chi connectivity index (χ3n) is 0.963. The molecular formula is C6H8BrNO3. The summed E-state index contributed by atoms with van der Waals surface area (Å²) < 4.78 is 4.37. The molecule has 0 saturated carbocycles. The van der Waals surface area contributed by atoms with Crippen molar-refractivity contribution in [2.45, 2.75) is 11.8 Å². The number of halogens is 1. The minimum absolute atomic E-state index is 0.0718. The average Bonchev–Trinajstić information content (AvgIpc) is 1.98. The van der Waals surface area contributed by atoms with Crippen LogP contribution in [0.5, 0.6) is 0 Å². The van der Waals surface area contributed by atoms with Gasteiger partial charge in [-0.05, 0) is 6.92 Å². The highest BCUT2D eigenvalue weighted by molar-refractivity contribution is 9.10. The molecule has 4 nitrogen and oxygen atoms in total. The maximum atomic E-state index is 10.8. The zero-order chi connectivity index (χ0) is 8.85. The molecule has 0 saturated heterocycles. The Hall–Kier alpha value is -0.710. The van der Waals surface area contributed by atoms with Crippen LogP contribution in [0.15, 0.2) is 4.99 Å². The van der Waals surface area contributed by atoms with Gasteiger partial charge in [-0.1, -0.05) is 15.9 Å². The molecule has 0 fully saturated rings. The van der Waals surface area contributed by atoms with E-state index in [4.69, 9.17) is 0 Å². The molecule has 0 radical (unpaired) electrons. The van der Waals surface area contributed by atoms with Crippen LogP contribution >= 0.6 is 15.9 Å². The maximum absolute atomic E-state index is 10.8. The van der Waals surface area contributed by atoms with Crippen LogP contribution in [0.25, 0.3) is 0 Å². The third-order valence-corrected chi connectivity index (χ3v) is 1.40. The molecule has 0 heterocycles. The lowest BCUT2D eigenvalue weighted by molar-refractivity contribution is -0.133. The van der Waals surface area contributed by atoms with E-state index in [0.717, 1.165) is 0 Å². The summed E-state index contributed by atoms with van der Waals surface area (Å²) in [4.78, 5) is 23.8. The number of carbonyl (C=O) groups is 2. The monoisotopic (exact) mass is 221 g/mol. The largest absolute Gasteiger partial charge is 0.465 e. The van der Waals surface area contributed by atoms with Crippen molar-refractivity contribution in [2.24, 2.45) is 4.99 Å². The molecule has 0 aliphatic heterocycles. The summed E-state index contributed by atoms with van der Waals surface area (Å²) in [5.74, 6) is -0.596. The van der Waals surface area contributed by atoms with Crippen LogP contribution in [0.4, 0.5) is 0 Å². The van der Waals surface area contributed by atoms with Crippen LogP contribution in [0.3, 0.4) is 0 Å².